The molecule has 3 nitrogen and oxygen atoms in total. The number of halogens is 1. The molecule has 0 radical (unpaired) electrons. The van der Waals surface area contributed by atoms with Crippen molar-refractivity contribution >= 4 is 21.8 Å². The second kappa shape index (κ2) is 5.24. The lowest BCUT2D eigenvalue weighted by molar-refractivity contribution is 0.0927. The summed E-state index contributed by atoms with van der Waals surface area (Å²) in [6.45, 7) is 3.52. The zero-order valence-electron chi connectivity index (χ0n) is 10.0. The highest BCUT2D eigenvalue weighted by Crippen LogP contribution is 2.23. The summed E-state index contributed by atoms with van der Waals surface area (Å²) < 4.78 is 6.00. The first-order chi connectivity index (χ1) is 7.89. The fraction of sp³-hybridized carbons (Fsp3) is 0.308. The van der Waals surface area contributed by atoms with E-state index < -0.39 is 5.54 Å². The number of benzene rings is 1. The number of amides is 1. The van der Waals surface area contributed by atoms with E-state index in [4.69, 9.17) is 11.2 Å². The van der Waals surface area contributed by atoms with Crippen LogP contribution in [0.3, 0.4) is 0 Å². The molecular weight excluding hydrogens is 282 g/mol. The van der Waals surface area contributed by atoms with Crippen LogP contribution >= 0.6 is 15.9 Å². The Hall–Kier alpha value is -1.47. The van der Waals surface area contributed by atoms with Crippen molar-refractivity contribution in [3.05, 3.63) is 28.2 Å². The van der Waals surface area contributed by atoms with Crippen LogP contribution in [0.2, 0.25) is 0 Å². The van der Waals surface area contributed by atoms with Crippen LogP contribution in [-0.2, 0) is 0 Å². The lowest BCUT2D eigenvalue weighted by Crippen LogP contribution is -2.42. The van der Waals surface area contributed by atoms with Crippen molar-refractivity contribution in [1.29, 1.82) is 0 Å². The first kappa shape index (κ1) is 13.6. The molecule has 0 fully saturated rings. The van der Waals surface area contributed by atoms with Gasteiger partial charge in [0, 0.05) is 4.47 Å². The molecule has 0 saturated carbocycles. The Morgan fingerprint density at radius 2 is 2.18 bits per heavy atom. The second-order valence-corrected chi connectivity index (χ2v) is 4.98. The maximum absolute atomic E-state index is 12.0. The average Bonchev–Trinajstić information content (AvgIpc) is 2.28. The van der Waals surface area contributed by atoms with Crippen LogP contribution < -0.4 is 10.1 Å². The lowest BCUT2D eigenvalue weighted by Gasteiger charge is -2.20. The molecular formula is C13H14BrNO2. The number of methoxy groups -OCH3 is 1. The van der Waals surface area contributed by atoms with Gasteiger partial charge in [-0.25, -0.2) is 0 Å². The number of carbonyl (C=O) groups is 1. The maximum atomic E-state index is 12.0. The summed E-state index contributed by atoms with van der Waals surface area (Å²) in [5.74, 6) is 2.76. The first-order valence-corrected chi connectivity index (χ1v) is 5.83. The molecule has 4 heteroatoms. The van der Waals surface area contributed by atoms with Gasteiger partial charge in [0.05, 0.1) is 18.2 Å². The summed E-state index contributed by atoms with van der Waals surface area (Å²) >= 11 is 3.32. The third-order valence-corrected chi connectivity index (χ3v) is 2.69. The third-order valence-electron chi connectivity index (χ3n) is 2.20. The standard InChI is InChI=1S/C13H14BrNO2/c1-5-13(2,3)15-12(16)10-7-6-9(14)8-11(10)17-4/h1,6-8H,2-4H3,(H,15,16). The van der Waals surface area contributed by atoms with Gasteiger partial charge in [0.25, 0.3) is 5.91 Å². The second-order valence-electron chi connectivity index (χ2n) is 4.07. The number of nitrogens with one attached hydrogen (secondary N) is 1. The molecule has 0 aromatic heterocycles. The van der Waals surface area contributed by atoms with E-state index in [1.165, 1.54) is 7.11 Å². The minimum atomic E-state index is -0.685. The lowest BCUT2D eigenvalue weighted by atomic mass is 10.1. The zero-order valence-corrected chi connectivity index (χ0v) is 11.6. The van der Waals surface area contributed by atoms with Gasteiger partial charge >= 0.3 is 0 Å². The Kier molecular flexibility index (Phi) is 4.19. The Morgan fingerprint density at radius 1 is 1.53 bits per heavy atom. The summed E-state index contributed by atoms with van der Waals surface area (Å²) in [4.78, 5) is 12.0. The number of terminal acetylenes is 1. The number of carbonyl (C=O) groups excluding carboxylic acids is 1. The molecule has 1 rings (SSSR count). The molecule has 0 aliphatic carbocycles. The van der Waals surface area contributed by atoms with Crippen molar-refractivity contribution in [2.24, 2.45) is 0 Å². The van der Waals surface area contributed by atoms with Gasteiger partial charge in [-0.15, -0.1) is 6.42 Å². The van der Waals surface area contributed by atoms with Crippen LogP contribution in [0.15, 0.2) is 22.7 Å². The van der Waals surface area contributed by atoms with E-state index in [-0.39, 0.29) is 5.91 Å². The molecule has 90 valence electrons. The molecule has 0 aliphatic heterocycles. The Bertz CT molecular complexity index is 475. The Labute approximate surface area is 110 Å². The van der Waals surface area contributed by atoms with Crippen LogP contribution in [0.1, 0.15) is 24.2 Å². The van der Waals surface area contributed by atoms with Gasteiger partial charge in [-0.05, 0) is 32.0 Å². The first-order valence-electron chi connectivity index (χ1n) is 5.03. The highest BCUT2D eigenvalue weighted by atomic mass is 79.9. The minimum Gasteiger partial charge on any atom is -0.496 e. The van der Waals surface area contributed by atoms with E-state index >= 15 is 0 Å². The van der Waals surface area contributed by atoms with E-state index in [2.05, 4.69) is 27.2 Å². The van der Waals surface area contributed by atoms with Crippen molar-refractivity contribution < 1.29 is 9.53 Å². The van der Waals surface area contributed by atoms with Gasteiger partial charge in [-0.2, -0.15) is 0 Å². The molecule has 1 amide bonds. The molecule has 1 aromatic carbocycles. The van der Waals surface area contributed by atoms with Crippen molar-refractivity contribution in [2.45, 2.75) is 19.4 Å². The van der Waals surface area contributed by atoms with Crippen LogP contribution in [0.4, 0.5) is 0 Å². The van der Waals surface area contributed by atoms with Crippen molar-refractivity contribution in [1.82, 2.24) is 5.32 Å². The minimum absolute atomic E-state index is 0.252. The van der Waals surface area contributed by atoms with Crippen LogP contribution in [0, 0.1) is 12.3 Å². The molecule has 0 aliphatic rings. The van der Waals surface area contributed by atoms with Crippen LogP contribution in [0.5, 0.6) is 5.75 Å². The summed E-state index contributed by atoms with van der Waals surface area (Å²) in [7, 11) is 1.52. The normalized spacial score (nSPS) is 10.5. The predicted molar refractivity (Wildman–Crippen MR) is 71.1 cm³/mol. The smallest absolute Gasteiger partial charge is 0.256 e. The number of rotatable bonds is 3. The maximum Gasteiger partial charge on any atom is 0.256 e. The molecule has 0 atom stereocenters. The number of hydrogen-bond donors (Lipinski definition) is 1. The topological polar surface area (TPSA) is 38.3 Å². The summed E-state index contributed by atoms with van der Waals surface area (Å²) in [6, 6.07) is 5.20. The van der Waals surface area contributed by atoms with Crippen molar-refractivity contribution in [3.8, 4) is 18.1 Å². The average molecular weight is 296 g/mol. The van der Waals surface area contributed by atoms with Gasteiger partial charge in [0.2, 0.25) is 0 Å². The van der Waals surface area contributed by atoms with Crippen LogP contribution in [0.25, 0.3) is 0 Å². The van der Waals surface area contributed by atoms with Gasteiger partial charge in [-0.3, -0.25) is 4.79 Å². The Morgan fingerprint density at radius 3 is 2.71 bits per heavy atom. The highest BCUT2D eigenvalue weighted by Gasteiger charge is 2.20. The number of ether oxygens (including phenoxy) is 1. The molecule has 0 unspecified atom stereocenters. The third kappa shape index (κ3) is 3.50. The molecule has 0 bridgehead atoms. The zero-order chi connectivity index (χ0) is 13.1. The molecule has 0 heterocycles. The predicted octanol–water partition coefficient (Wildman–Crippen LogP) is 2.60. The Balaban J connectivity index is 3.02. The van der Waals surface area contributed by atoms with Gasteiger partial charge in [-0.1, -0.05) is 21.9 Å². The largest absolute Gasteiger partial charge is 0.496 e. The monoisotopic (exact) mass is 295 g/mol. The van der Waals surface area contributed by atoms with Gasteiger partial charge in [0.1, 0.15) is 5.75 Å². The molecule has 1 aromatic rings. The molecule has 1 N–H and O–H groups in total. The number of hydrogen-bond acceptors (Lipinski definition) is 2. The fourth-order valence-electron chi connectivity index (χ4n) is 1.24. The molecule has 17 heavy (non-hydrogen) atoms. The summed E-state index contributed by atoms with van der Waals surface area (Å²) in [6.07, 6.45) is 5.32. The fourth-order valence-corrected chi connectivity index (χ4v) is 1.58. The quantitative estimate of drug-likeness (QED) is 0.871. The van der Waals surface area contributed by atoms with Crippen molar-refractivity contribution in [2.75, 3.05) is 7.11 Å². The highest BCUT2D eigenvalue weighted by molar-refractivity contribution is 9.10. The van der Waals surface area contributed by atoms with Gasteiger partial charge in [0.15, 0.2) is 0 Å². The summed E-state index contributed by atoms with van der Waals surface area (Å²) in [5.41, 5.74) is -0.228. The van der Waals surface area contributed by atoms with E-state index in [9.17, 15) is 4.79 Å². The molecule has 0 saturated heterocycles. The van der Waals surface area contributed by atoms with E-state index in [0.717, 1.165) is 4.47 Å². The van der Waals surface area contributed by atoms with E-state index in [1.54, 1.807) is 32.0 Å². The molecule has 0 spiro atoms. The van der Waals surface area contributed by atoms with Crippen LogP contribution in [-0.4, -0.2) is 18.6 Å². The SMILES string of the molecule is C#CC(C)(C)NC(=O)c1ccc(Br)cc1OC. The van der Waals surface area contributed by atoms with E-state index in [0.29, 0.717) is 11.3 Å². The van der Waals surface area contributed by atoms with E-state index in [1.807, 2.05) is 0 Å². The summed E-state index contributed by atoms with van der Waals surface area (Å²) in [5, 5.41) is 2.75. The van der Waals surface area contributed by atoms with Gasteiger partial charge < -0.3 is 10.1 Å². The van der Waals surface area contributed by atoms with Crippen molar-refractivity contribution in [3.63, 3.8) is 0 Å².